The largest absolute Gasteiger partial charge is 0.511 e. The van der Waals surface area contributed by atoms with Gasteiger partial charge in [0.2, 0.25) is 0 Å². The lowest BCUT2D eigenvalue weighted by molar-refractivity contribution is -0.144. The molecule has 1 aromatic rings. The van der Waals surface area contributed by atoms with Crippen molar-refractivity contribution in [3.8, 4) is 5.75 Å². The summed E-state index contributed by atoms with van der Waals surface area (Å²) in [5.41, 5.74) is 0.923. The molecule has 4 N–H and O–H groups in total. The first-order valence-corrected chi connectivity index (χ1v) is 12.5. The molecule has 0 amide bonds. The highest BCUT2D eigenvalue weighted by atomic mass is 16.5. The fourth-order valence-electron chi connectivity index (χ4n) is 5.43. The lowest BCUT2D eigenvalue weighted by Crippen LogP contribution is -2.35. The first-order chi connectivity index (χ1) is 17.1. The Hall–Kier alpha value is -3.20. The van der Waals surface area contributed by atoms with Crippen LogP contribution in [0.25, 0.3) is 0 Å². The van der Waals surface area contributed by atoms with E-state index in [1.807, 2.05) is 6.92 Å². The molecule has 0 aromatic heterocycles. The van der Waals surface area contributed by atoms with Crippen LogP contribution in [0.15, 0.2) is 23.5 Å². The number of allylic oxidation sites excluding steroid dienone is 1. The Morgan fingerprint density at radius 2 is 1.83 bits per heavy atom. The number of ether oxygens (including phenoxy) is 1. The van der Waals surface area contributed by atoms with Gasteiger partial charge in [-0.3, -0.25) is 14.4 Å². The molecule has 0 saturated heterocycles. The number of anilines is 1. The van der Waals surface area contributed by atoms with E-state index < -0.39 is 42.0 Å². The van der Waals surface area contributed by atoms with Crippen LogP contribution in [0, 0.1) is 17.8 Å². The number of aliphatic hydroxyl groups excluding tert-OH is 2. The fourth-order valence-corrected chi connectivity index (χ4v) is 5.43. The van der Waals surface area contributed by atoms with Gasteiger partial charge in [0, 0.05) is 18.8 Å². The van der Waals surface area contributed by atoms with E-state index in [1.165, 1.54) is 6.92 Å². The molecular formula is C27H35NO8. The van der Waals surface area contributed by atoms with E-state index in [4.69, 9.17) is 4.74 Å². The Labute approximate surface area is 210 Å². The van der Waals surface area contributed by atoms with Crippen LogP contribution in [0.4, 0.5) is 5.69 Å². The molecule has 0 saturated carbocycles. The van der Waals surface area contributed by atoms with Gasteiger partial charge in [0.05, 0.1) is 30.0 Å². The van der Waals surface area contributed by atoms with Gasteiger partial charge in [0.25, 0.3) is 0 Å². The van der Waals surface area contributed by atoms with E-state index >= 15 is 0 Å². The molecule has 0 aliphatic heterocycles. The standard InChI is InChI=1S/C27H35NO8/c1-4-6-20(27(35)36-5-2)28-19-8-7-16-9-15(11-21(31)24(16)26(19)34)10-17-12-22(32)23(14(3)30)25(33)18(17)13-29/h7-8,15,17-18,20,28-29,33-34H,4-6,9-13H2,1-3H3. The van der Waals surface area contributed by atoms with Crippen molar-refractivity contribution in [2.24, 2.45) is 17.8 Å². The summed E-state index contributed by atoms with van der Waals surface area (Å²) >= 11 is 0. The van der Waals surface area contributed by atoms with Crippen molar-refractivity contribution in [3.63, 3.8) is 0 Å². The van der Waals surface area contributed by atoms with Gasteiger partial charge in [-0.1, -0.05) is 19.4 Å². The number of carbonyl (C=O) groups is 4. The van der Waals surface area contributed by atoms with Crippen LogP contribution in [0.2, 0.25) is 0 Å². The molecule has 2 aliphatic carbocycles. The van der Waals surface area contributed by atoms with E-state index in [9.17, 15) is 34.5 Å². The fraction of sp³-hybridized carbons (Fsp3) is 0.556. The van der Waals surface area contributed by atoms with Crippen LogP contribution in [-0.4, -0.2) is 57.9 Å². The maximum absolute atomic E-state index is 13.1. The van der Waals surface area contributed by atoms with E-state index in [2.05, 4.69) is 5.32 Å². The van der Waals surface area contributed by atoms with Crippen molar-refractivity contribution in [3.05, 3.63) is 34.6 Å². The van der Waals surface area contributed by atoms with E-state index in [1.54, 1.807) is 19.1 Å². The minimum atomic E-state index is -0.739. The molecule has 196 valence electrons. The van der Waals surface area contributed by atoms with Crippen LogP contribution in [0.3, 0.4) is 0 Å². The van der Waals surface area contributed by atoms with Gasteiger partial charge < -0.3 is 25.4 Å². The first-order valence-electron chi connectivity index (χ1n) is 12.5. The zero-order valence-electron chi connectivity index (χ0n) is 21.0. The third kappa shape index (κ3) is 5.61. The second-order valence-electron chi connectivity index (χ2n) is 9.66. The summed E-state index contributed by atoms with van der Waals surface area (Å²) in [4.78, 5) is 49.6. The summed E-state index contributed by atoms with van der Waals surface area (Å²) in [6, 6.07) is 2.74. The van der Waals surface area contributed by atoms with Crippen LogP contribution in [0.5, 0.6) is 5.75 Å². The molecule has 0 heterocycles. The van der Waals surface area contributed by atoms with Gasteiger partial charge in [0.15, 0.2) is 17.3 Å². The third-order valence-corrected chi connectivity index (χ3v) is 7.09. The molecule has 3 rings (SSSR count). The van der Waals surface area contributed by atoms with Gasteiger partial charge in [-0.15, -0.1) is 0 Å². The van der Waals surface area contributed by atoms with Crippen LogP contribution in [0.1, 0.15) is 68.8 Å². The first kappa shape index (κ1) is 27.4. The Kier molecular flexibility index (Phi) is 8.89. The van der Waals surface area contributed by atoms with Crippen molar-refractivity contribution in [2.45, 2.75) is 65.3 Å². The summed E-state index contributed by atoms with van der Waals surface area (Å²) in [5, 5.41) is 34.2. The Morgan fingerprint density at radius 1 is 1.11 bits per heavy atom. The maximum Gasteiger partial charge on any atom is 0.328 e. The number of aromatic hydroxyl groups is 1. The molecule has 4 unspecified atom stereocenters. The van der Waals surface area contributed by atoms with E-state index in [0.29, 0.717) is 24.8 Å². The van der Waals surface area contributed by atoms with Crippen LogP contribution >= 0.6 is 0 Å². The van der Waals surface area contributed by atoms with Gasteiger partial charge >= 0.3 is 5.97 Å². The van der Waals surface area contributed by atoms with Crippen molar-refractivity contribution in [2.75, 3.05) is 18.5 Å². The lowest BCUT2D eigenvalue weighted by atomic mass is 9.70. The van der Waals surface area contributed by atoms with E-state index in [0.717, 1.165) is 6.42 Å². The smallest absolute Gasteiger partial charge is 0.328 e. The van der Waals surface area contributed by atoms with Crippen LogP contribution in [-0.2, 0) is 25.5 Å². The number of phenols is 1. The number of fused-ring (bicyclic) bond motifs is 1. The molecule has 0 radical (unpaired) electrons. The van der Waals surface area contributed by atoms with Crippen molar-refractivity contribution < 1.29 is 39.2 Å². The predicted octanol–water partition coefficient (Wildman–Crippen LogP) is 3.27. The number of benzene rings is 1. The number of nitrogens with one attached hydrogen (secondary N) is 1. The highest BCUT2D eigenvalue weighted by molar-refractivity contribution is 6.20. The van der Waals surface area contributed by atoms with E-state index in [-0.39, 0.29) is 59.5 Å². The third-order valence-electron chi connectivity index (χ3n) is 7.09. The molecule has 1 aromatic carbocycles. The lowest BCUT2D eigenvalue weighted by Gasteiger charge is -2.34. The number of Topliss-reactive ketones (excluding diaryl/α,β-unsaturated/α-hetero) is 3. The quantitative estimate of drug-likeness (QED) is 0.215. The summed E-state index contributed by atoms with van der Waals surface area (Å²) in [5.74, 6) is -3.52. The molecule has 9 heteroatoms. The van der Waals surface area contributed by atoms with Crippen LogP contribution < -0.4 is 5.32 Å². The number of hydrogen-bond acceptors (Lipinski definition) is 9. The molecule has 36 heavy (non-hydrogen) atoms. The highest BCUT2D eigenvalue weighted by Gasteiger charge is 2.40. The topological polar surface area (TPSA) is 150 Å². The Morgan fingerprint density at radius 3 is 2.44 bits per heavy atom. The van der Waals surface area contributed by atoms with Gasteiger partial charge in [0.1, 0.15) is 17.6 Å². The molecule has 9 nitrogen and oxygen atoms in total. The normalized spacial score (nSPS) is 22.7. The van der Waals surface area contributed by atoms with Gasteiger partial charge in [-0.2, -0.15) is 0 Å². The molecular weight excluding hydrogens is 466 g/mol. The summed E-state index contributed by atoms with van der Waals surface area (Å²) in [7, 11) is 0. The monoisotopic (exact) mass is 501 g/mol. The predicted molar refractivity (Wildman–Crippen MR) is 132 cm³/mol. The minimum absolute atomic E-state index is 0.0164. The molecule has 0 fully saturated rings. The van der Waals surface area contributed by atoms with Crippen molar-refractivity contribution in [1.29, 1.82) is 0 Å². The van der Waals surface area contributed by atoms with Crippen molar-refractivity contribution in [1.82, 2.24) is 0 Å². The number of phenolic OH excluding ortho intramolecular Hbond substituents is 1. The molecule has 0 bridgehead atoms. The average Bonchev–Trinajstić information content (AvgIpc) is 2.80. The number of hydrogen-bond donors (Lipinski definition) is 4. The SMILES string of the molecule is CCCC(Nc1ccc2c(c1O)C(=O)CC(CC1CC(=O)C(C(C)=O)=C(O)C1CO)C2)C(=O)OCC. The summed E-state index contributed by atoms with van der Waals surface area (Å²) in [6.07, 6.45) is 2.25. The average molecular weight is 502 g/mol. The number of aliphatic hydroxyl groups is 2. The Balaban J connectivity index is 1.79. The second-order valence-corrected chi connectivity index (χ2v) is 9.66. The number of ketones is 3. The minimum Gasteiger partial charge on any atom is -0.511 e. The summed E-state index contributed by atoms with van der Waals surface area (Å²) in [6.45, 7) is 4.69. The zero-order valence-corrected chi connectivity index (χ0v) is 21.0. The van der Waals surface area contributed by atoms with Gasteiger partial charge in [-0.25, -0.2) is 4.79 Å². The number of carbonyl (C=O) groups excluding carboxylic acids is 4. The molecule has 4 atom stereocenters. The number of esters is 1. The zero-order chi connectivity index (χ0) is 26.6. The van der Waals surface area contributed by atoms with Crippen molar-refractivity contribution >= 4 is 29.0 Å². The molecule has 0 spiro atoms. The van der Waals surface area contributed by atoms with Gasteiger partial charge in [-0.05, 0) is 56.6 Å². The highest BCUT2D eigenvalue weighted by Crippen LogP contribution is 2.42. The Bertz CT molecular complexity index is 1080. The second kappa shape index (κ2) is 11.7. The number of rotatable bonds is 10. The summed E-state index contributed by atoms with van der Waals surface area (Å²) < 4.78 is 5.11. The maximum atomic E-state index is 13.1. The molecule has 2 aliphatic rings.